The minimum atomic E-state index is -0.486. The van der Waals surface area contributed by atoms with Crippen molar-refractivity contribution in [1.29, 1.82) is 0 Å². The van der Waals surface area contributed by atoms with Crippen molar-refractivity contribution in [1.82, 2.24) is 4.98 Å². The molecule has 0 aliphatic carbocycles. The Hall–Kier alpha value is -3.47. The van der Waals surface area contributed by atoms with Gasteiger partial charge >= 0.3 is 5.97 Å². The molecule has 4 rings (SSSR count). The molecule has 0 unspecified atom stereocenters. The van der Waals surface area contributed by atoms with Gasteiger partial charge in [-0.2, -0.15) is 4.73 Å². The molecule has 2 heterocycles. The zero-order chi connectivity index (χ0) is 17.2. The smallest absolute Gasteiger partial charge is 0.338 e. The molecule has 0 aliphatic rings. The number of carbonyl (C=O) groups is 1. The fourth-order valence-corrected chi connectivity index (χ4v) is 2.85. The summed E-state index contributed by atoms with van der Waals surface area (Å²) in [4.78, 5) is 16.8. The summed E-state index contributed by atoms with van der Waals surface area (Å²) in [6.45, 7) is 0.0659. The number of benzene rings is 2. The fourth-order valence-electron chi connectivity index (χ4n) is 2.85. The number of esters is 1. The predicted molar refractivity (Wildman–Crippen MR) is 93.8 cm³/mol. The summed E-state index contributed by atoms with van der Waals surface area (Å²) in [6.07, 6.45) is 2.53. The van der Waals surface area contributed by atoms with Gasteiger partial charge in [-0.05, 0) is 11.5 Å². The number of aromatic nitrogens is 2. The van der Waals surface area contributed by atoms with E-state index in [1.54, 1.807) is 0 Å². The van der Waals surface area contributed by atoms with Crippen molar-refractivity contribution in [2.24, 2.45) is 0 Å². The summed E-state index contributed by atoms with van der Waals surface area (Å²) in [5, 5.41) is 14.1. The van der Waals surface area contributed by atoms with E-state index in [9.17, 15) is 10.0 Å². The van der Waals surface area contributed by atoms with Gasteiger partial charge in [0.05, 0.1) is 16.8 Å². The van der Waals surface area contributed by atoms with Crippen molar-refractivity contribution in [2.45, 2.75) is 6.61 Å². The molecule has 0 fully saturated rings. The Labute approximate surface area is 143 Å². The van der Waals surface area contributed by atoms with Gasteiger partial charge in [0.25, 0.3) is 0 Å². The molecule has 0 spiro atoms. The van der Waals surface area contributed by atoms with Gasteiger partial charge in [0.15, 0.2) is 12.4 Å². The molecule has 0 N–H and O–H groups in total. The Balaban J connectivity index is 1.68. The van der Waals surface area contributed by atoms with E-state index in [-0.39, 0.29) is 6.61 Å². The second-order valence-electron chi connectivity index (χ2n) is 5.64. The van der Waals surface area contributed by atoms with Crippen molar-refractivity contribution in [3.63, 3.8) is 0 Å². The van der Waals surface area contributed by atoms with Gasteiger partial charge in [-0.1, -0.05) is 42.5 Å². The van der Waals surface area contributed by atoms with Gasteiger partial charge in [0.2, 0.25) is 0 Å². The Morgan fingerprint density at radius 1 is 0.920 bits per heavy atom. The second-order valence-corrected chi connectivity index (χ2v) is 5.64. The van der Waals surface area contributed by atoms with Crippen LogP contribution in [-0.2, 0) is 11.3 Å². The van der Waals surface area contributed by atoms with Gasteiger partial charge in [-0.3, -0.25) is 0 Å². The van der Waals surface area contributed by atoms with Crippen molar-refractivity contribution < 1.29 is 14.3 Å². The molecule has 4 aromatic rings. The van der Waals surface area contributed by atoms with Crippen molar-refractivity contribution in [3.05, 3.63) is 89.5 Å². The zero-order valence-electron chi connectivity index (χ0n) is 13.3. The lowest BCUT2D eigenvalue weighted by Crippen LogP contribution is -2.24. The van der Waals surface area contributed by atoms with Crippen LogP contribution in [0.4, 0.5) is 0 Å². The summed E-state index contributed by atoms with van der Waals surface area (Å²) >= 11 is 0. The summed E-state index contributed by atoms with van der Waals surface area (Å²) in [5.41, 5.74) is 1.90. The molecule has 0 atom stereocenters. The minimum Gasteiger partial charge on any atom is -0.619 e. The van der Waals surface area contributed by atoms with Crippen LogP contribution in [-0.4, -0.2) is 11.0 Å². The molecule has 0 amide bonds. The molecule has 0 bridgehead atoms. The Bertz CT molecular complexity index is 1080. The minimum absolute atomic E-state index is 0.0659. The predicted octanol–water partition coefficient (Wildman–Crippen LogP) is 3.38. The highest BCUT2D eigenvalue weighted by Gasteiger charge is 2.12. The normalized spacial score (nSPS) is 10.9. The molecule has 2 aromatic carbocycles. The van der Waals surface area contributed by atoms with Crippen LogP contribution in [0.1, 0.15) is 16.1 Å². The third-order valence-corrected chi connectivity index (χ3v) is 4.07. The third-order valence-electron chi connectivity index (χ3n) is 4.07. The van der Waals surface area contributed by atoms with E-state index in [0.29, 0.717) is 16.0 Å². The number of ether oxygens (including phenoxy) is 1. The summed E-state index contributed by atoms with van der Waals surface area (Å²) in [5.74, 6) is -0.486. The Morgan fingerprint density at radius 3 is 2.32 bits per heavy atom. The maximum atomic E-state index is 12.2. The Morgan fingerprint density at radius 2 is 1.56 bits per heavy atom. The summed E-state index contributed by atoms with van der Waals surface area (Å²) in [7, 11) is 0. The molecule has 5 heteroatoms. The maximum Gasteiger partial charge on any atom is 0.338 e. The maximum absolute atomic E-state index is 12.2. The first kappa shape index (κ1) is 15.1. The number of nitrogens with zero attached hydrogens (tertiary/aromatic N) is 2. The molecular formula is C20H14N2O3. The van der Waals surface area contributed by atoms with Gasteiger partial charge in [0, 0.05) is 22.9 Å². The molecule has 0 saturated heterocycles. The lowest BCUT2D eigenvalue weighted by atomic mass is 10.0. The van der Waals surface area contributed by atoms with Gasteiger partial charge < -0.3 is 9.94 Å². The SMILES string of the molecule is O=C(OCc1nc2ccccc2c2ccccc12)c1cc[n+]([O-])cc1. The average Bonchev–Trinajstić information content (AvgIpc) is 2.66. The highest BCUT2D eigenvalue weighted by Crippen LogP contribution is 2.26. The first-order chi connectivity index (χ1) is 12.2. The molecule has 0 saturated carbocycles. The fraction of sp³-hybridized carbons (Fsp3) is 0.0500. The number of carbonyl (C=O) groups excluding carboxylic acids is 1. The molecule has 0 radical (unpaired) electrons. The van der Waals surface area contributed by atoms with Crippen LogP contribution in [0, 0.1) is 5.21 Å². The topological polar surface area (TPSA) is 66.1 Å². The molecule has 5 nitrogen and oxygen atoms in total. The van der Waals surface area contributed by atoms with E-state index in [2.05, 4.69) is 4.98 Å². The van der Waals surface area contributed by atoms with Crippen LogP contribution in [0.15, 0.2) is 73.1 Å². The van der Waals surface area contributed by atoms with E-state index in [1.165, 1.54) is 24.5 Å². The number of fused-ring (bicyclic) bond motifs is 3. The lowest BCUT2D eigenvalue weighted by molar-refractivity contribution is -0.605. The molecule has 25 heavy (non-hydrogen) atoms. The summed E-state index contributed by atoms with van der Waals surface area (Å²) in [6, 6.07) is 18.7. The van der Waals surface area contributed by atoms with Gasteiger partial charge in [0.1, 0.15) is 6.61 Å². The monoisotopic (exact) mass is 330 g/mol. The lowest BCUT2D eigenvalue weighted by Gasteiger charge is -2.10. The van der Waals surface area contributed by atoms with Crippen LogP contribution in [0.2, 0.25) is 0 Å². The molecule has 2 aromatic heterocycles. The quantitative estimate of drug-likeness (QED) is 0.250. The average molecular weight is 330 g/mol. The summed E-state index contributed by atoms with van der Waals surface area (Å²) < 4.78 is 6.02. The zero-order valence-corrected chi connectivity index (χ0v) is 13.3. The highest BCUT2D eigenvalue weighted by atomic mass is 16.5. The van der Waals surface area contributed by atoms with Crippen LogP contribution < -0.4 is 4.73 Å². The Kier molecular flexibility index (Phi) is 3.74. The molecule has 122 valence electrons. The molecule has 0 aliphatic heterocycles. The number of hydrogen-bond acceptors (Lipinski definition) is 4. The second kappa shape index (κ2) is 6.20. The largest absolute Gasteiger partial charge is 0.619 e. The van der Waals surface area contributed by atoms with E-state index >= 15 is 0 Å². The number of para-hydroxylation sites is 1. The van der Waals surface area contributed by atoms with Gasteiger partial charge in [-0.15, -0.1) is 0 Å². The number of pyridine rings is 2. The van der Waals surface area contributed by atoms with Crippen LogP contribution >= 0.6 is 0 Å². The van der Waals surface area contributed by atoms with E-state index in [4.69, 9.17) is 4.74 Å². The first-order valence-electron chi connectivity index (χ1n) is 7.85. The number of rotatable bonds is 3. The van der Waals surface area contributed by atoms with Crippen LogP contribution in [0.25, 0.3) is 21.7 Å². The molecular weight excluding hydrogens is 316 g/mol. The van der Waals surface area contributed by atoms with E-state index in [1.807, 2.05) is 48.5 Å². The van der Waals surface area contributed by atoms with Crippen molar-refractivity contribution in [3.8, 4) is 0 Å². The third kappa shape index (κ3) is 2.87. The standard InChI is InChI=1S/C20H14N2O3/c23-20(14-9-11-22(24)12-10-14)25-13-19-17-7-2-1-5-15(17)16-6-3-4-8-18(16)21-19/h1-12H,13H2. The first-order valence-corrected chi connectivity index (χ1v) is 7.85. The highest BCUT2D eigenvalue weighted by molar-refractivity contribution is 6.06. The number of hydrogen-bond donors (Lipinski definition) is 0. The van der Waals surface area contributed by atoms with Crippen LogP contribution in [0.3, 0.4) is 0 Å². The van der Waals surface area contributed by atoms with Crippen molar-refractivity contribution >= 4 is 27.6 Å². The van der Waals surface area contributed by atoms with Crippen LogP contribution in [0.5, 0.6) is 0 Å². The van der Waals surface area contributed by atoms with E-state index in [0.717, 1.165) is 21.7 Å². The van der Waals surface area contributed by atoms with Gasteiger partial charge in [-0.25, -0.2) is 9.78 Å². The van der Waals surface area contributed by atoms with E-state index < -0.39 is 5.97 Å². The van der Waals surface area contributed by atoms with Crippen molar-refractivity contribution in [2.75, 3.05) is 0 Å².